The Kier molecular flexibility index (Phi) is 8.73. The third kappa shape index (κ3) is 7.27. The van der Waals surface area contributed by atoms with Crippen LogP contribution in [0.1, 0.15) is 132 Å². The molecule has 6 rings (SSSR count). The quantitative estimate of drug-likeness (QED) is 0.203. The Morgan fingerprint density at radius 2 is 0.843 bits per heavy atom. The summed E-state index contributed by atoms with van der Waals surface area (Å²) in [5, 5.41) is 2.46. The van der Waals surface area contributed by atoms with Gasteiger partial charge >= 0.3 is 0 Å². The number of hydrogen-bond donors (Lipinski definition) is 1. The Balaban J connectivity index is 1.73. The van der Waals surface area contributed by atoms with Gasteiger partial charge in [0.1, 0.15) is 0 Å². The van der Waals surface area contributed by atoms with Gasteiger partial charge in [-0.15, -0.1) is 0 Å². The van der Waals surface area contributed by atoms with Crippen molar-refractivity contribution in [3.05, 3.63) is 107 Å². The van der Waals surface area contributed by atoms with Gasteiger partial charge in [-0.1, -0.05) is 122 Å². The van der Waals surface area contributed by atoms with Crippen LogP contribution in [-0.2, 0) is 27.1 Å². The second-order valence-corrected chi connectivity index (χ2v) is 19.9. The largest absolute Gasteiger partial charge is 0.353 e. The molecule has 0 atom stereocenters. The molecule has 3 nitrogen and oxygen atoms in total. The fraction of sp³-hybridized carbons (Fsp3) is 0.417. The van der Waals surface area contributed by atoms with E-state index in [2.05, 4.69) is 182 Å². The SMILES string of the molecule is CC(C)(C)c1cccc(-c2cc(C(C)(C)C)cc(-c3cc(C(C)(C)C)cc4c3[nH]c3c(-c5cc(C(C)(C)C)ccn5)cc(C(C)(C)C)cc34)n2)c1. The molecule has 0 radical (unpaired) electrons. The van der Waals surface area contributed by atoms with Crippen molar-refractivity contribution in [3.63, 3.8) is 0 Å². The molecule has 0 aliphatic carbocycles. The van der Waals surface area contributed by atoms with E-state index in [0.717, 1.165) is 44.8 Å². The summed E-state index contributed by atoms with van der Waals surface area (Å²) in [6.07, 6.45) is 1.97. The van der Waals surface area contributed by atoms with E-state index in [1.54, 1.807) is 0 Å². The second-order valence-electron chi connectivity index (χ2n) is 19.9. The van der Waals surface area contributed by atoms with Crippen molar-refractivity contribution in [2.75, 3.05) is 0 Å². The molecule has 0 spiro atoms. The van der Waals surface area contributed by atoms with Gasteiger partial charge in [0.05, 0.1) is 28.1 Å². The highest BCUT2D eigenvalue weighted by Crippen LogP contribution is 2.43. The normalized spacial score (nSPS) is 13.4. The van der Waals surface area contributed by atoms with Crippen LogP contribution in [0, 0.1) is 0 Å². The predicted octanol–water partition coefficient (Wildman–Crippen LogP) is 13.6. The predicted molar refractivity (Wildman–Crippen MR) is 221 cm³/mol. The van der Waals surface area contributed by atoms with Gasteiger partial charge in [0.2, 0.25) is 0 Å². The van der Waals surface area contributed by atoms with Crippen molar-refractivity contribution in [1.29, 1.82) is 0 Å². The van der Waals surface area contributed by atoms with Crippen LogP contribution in [-0.4, -0.2) is 15.0 Å². The van der Waals surface area contributed by atoms with Crippen LogP contribution in [0.25, 0.3) is 55.6 Å². The van der Waals surface area contributed by atoms with Crippen LogP contribution in [0.3, 0.4) is 0 Å². The molecule has 266 valence electrons. The lowest BCUT2D eigenvalue weighted by Crippen LogP contribution is -2.13. The molecule has 0 bridgehead atoms. The Morgan fingerprint density at radius 3 is 1.35 bits per heavy atom. The van der Waals surface area contributed by atoms with E-state index in [0.29, 0.717) is 0 Å². The van der Waals surface area contributed by atoms with E-state index < -0.39 is 0 Å². The smallest absolute Gasteiger partial charge is 0.0733 e. The fourth-order valence-electron chi connectivity index (χ4n) is 6.81. The lowest BCUT2D eigenvalue weighted by molar-refractivity contribution is 0.588. The van der Waals surface area contributed by atoms with Crippen LogP contribution < -0.4 is 0 Å². The molecule has 51 heavy (non-hydrogen) atoms. The maximum absolute atomic E-state index is 5.50. The zero-order valence-corrected chi connectivity index (χ0v) is 33.9. The standard InChI is InChI=1S/C48H59N3/c1-44(2,3)30-18-16-17-29(21-30)39-27-34(48(13,14)15)28-41(50-39)38-25-33(47(10,11)12)23-36-35-22-32(46(7,8)9)24-37(42(35)51-43(36)38)40-26-31(19-20-49-40)45(4,5)6/h16-28,51H,1-15H3. The zero-order chi connectivity index (χ0) is 37.5. The summed E-state index contributed by atoms with van der Waals surface area (Å²) in [4.78, 5) is 14.5. The van der Waals surface area contributed by atoms with Gasteiger partial charge in [-0.05, 0) is 109 Å². The van der Waals surface area contributed by atoms with Crippen molar-refractivity contribution < 1.29 is 0 Å². The first-order chi connectivity index (χ1) is 23.4. The third-order valence-corrected chi connectivity index (χ3v) is 10.4. The summed E-state index contributed by atoms with van der Waals surface area (Å²) >= 11 is 0. The van der Waals surface area contributed by atoms with Crippen LogP contribution in [0.15, 0.2) is 79.0 Å². The molecule has 0 aliphatic heterocycles. The molecule has 0 saturated heterocycles. The number of H-pyrrole nitrogens is 1. The summed E-state index contributed by atoms with van der Waals surface area (Å²) in [5.41, 5.74) is 15.0. The molecule has 3 aromatic heterocycles. The van der Waals surface area contributed by atoms with Gasteiger partial charge in [-0.25, -0.2) is 4.98 Å². The number of hydrogen-bond acceptors (Lipinski definition) is 2. The van der Waals surface area contributed by atoms with Crippen molar-refractivity contribution in [3.8, 4) is 33.8 Å². The molecule has 6 aromatic rings. The van der Waals surface area contributed by atoms with Crippen molar-refractivity contribution in [2.45, 2.75) is 131 Å². The number of aromatic amines is 1. The van der Waals surface area contributed by atoms with Crippen LogP contribution in [0.5, 0.6) is 0 Å². The van der Waals surface area contributed by atoms with Gasteiger partial charge in [-0.3, -0.25) is 4.98 Å². The first-order valence-electron chi connectivity index (χ1n) is 18.7. The van der Waals surface area contributed by atoms with Crippen molar-refractivity contribution >= 4 is 21.8 Å². The average molecular weight is 678 g/mol. The molecule has 0 fully saturated rings. The molecule has 0 aliphatic rings. The Hall–Kier alpha value is -4.24. The number of nitrogens with one attached hydrogen (secondary N) is 1. The molecule has 3 aromatic carbocycles. The lowest BCUT2D eigenvalue weighted by atomic mass is 9.82. The Morgan fingerprint density at radius 1 is 0.412 bits per heavy atom. The van der Waals surface area contributed by atoms with E-state index >= 15 is 0 Å². The van der Waals surface area contributed by atoms with E-state index in [9.17, 15) is 0 Å². The number of nitrogens with zero attached hydrogens (tertiary/aromatic N) is 2. The minimum atomic E-state index is -0.0644. The summed E-state index contributed by atoms with van der Waals surface area (Å²) in [5.74, 6) is 0. The molecule has 3 heteroatoms. The number of fused-ring (bicyclic) bond motifs is 3. The summed E-state index contributed by atoms with van der Waals surface area (Å²) in [6, 6.07) is 27.5. The molecule has 1 N–H and O–H groups in total. The van der Waals surface area contributed by atoms with Gasteiger partial charge in [0.25, 0.3) is 0 Å². The molecule has 3 heterocycles. The highest BCUT2D eigenvalue weighted by molar-refractivity contribution is 6.15. The highest BCUT2D eigenvalue weighted by atomic mass is 14.8. The molecular weight excluding hydrogens is 619 g/mol. The van der Waals surface area contributed by atoms with Crippen LogP contribution in [0.4, 0.5) is 0 Å². The fourth-order valence-corrected chi connectivity index (χ4v) is 6.81. The maximum atomic E-state index is 5.50. The molecule has 0 saturated carbocycles. The van der Waals surface area contributed by atoms with E-state index in [4.69, 9.17) is 9.97 Å². The topological polar surface area (TPSA) is 41.6 Å². The van der Waals surface area contributed by atoms with Gasteiger partial charge in [-0.2, -0.15) is 0 Å². The summed E-state index contributed by atoms with van der Waals surface area (Å²) in [6.45, 7) is 34.3. The first kappa shape index (κ1) is 36.5. The van der Waals surface area contributed by atoms with E-state index in [1.807, 2.05) is 6.20 Å². The minimum absolute atomic E-state index is 0.0154. The molecular formula is C48H59N3. The lowest BCUT2D eigenvalue weighted by Gasteiger charge is -2.24. The van der Waals surface area contributed by atoms with E-state index in [-0.39, 0.29) is 27.1 Å². The summed E-state index contributed by atoms with van der Waals surface area (Å²) in [7, 11) is 0. The number of aromatic nitrogens is 3. The Bertz CT molecular complexity index is 2260. The number of rotatable bonds is 3. The van der Waals surface area contributed by atoms with Gasteiger partial charge in [0, 0.05) is 33.7 Å². The number of benzene rings is 3. The Labute approximate surface area is 307 Å². The van der Waals surface area contributed by atoms with Gasteiger partial charge in [0.15, 0.2) is 0 Å². The van der Waals surface area contributed by atoms with E-state index in [1.165, 1.54) is 38.6 Å². The highest BCUT2D eigenvalue weighted by Gasteiger charge is 2.26. The average Bonchev–Trinajstić information content (AvgIpc) is 3.40. The first-order valence-corrected chi connectivity index (χ1v) is 18.7. The van der Waals surface area contributed by atoms with Crippen molar-refractivity contribution in [1.82, 2.24) is 15.0 Å². The minimum Gasteiger partial charge on any atom is -0.353 e. The maximum Gasteiger partial charge on any atom is 0.0733 e. The monoisotopic (exact) mass is 677 g/mol. The molecule has 0 amide bonds. The molecule has 0 unspecified atom stereocenters. The summed E-state index contributed by atoms with van der Waals surface area (Å²) < 4.78 is 0. The van der Waals surface area contributed by atoms with Gasteiger partial charge < -0.3 is 4.98 Å². The van der Waals surface area contributed by atoms with Crippen LogP contribution >= 0.6 is 0 Å². The number of pyridine rings is 2. The van der Waals surface area contributed by atoms with Crippen molar-refractivity contribution in [2.24, 2.45) is 0 Å². The van der Waals surface area contributed by atoms with Crippen LogP contribution in [0.2, 0.25) is 0 Å². The second kappa shape index (κ2) is 12.2. The third-order valence-electron chi connectivity index (χ3n) is 10.4. The zero-order valence-electron chi connectivity index (χ0n) is 33.9.